The van der Waals surface area contributed by atoms with Gasteiger partial charge in [-0.25, -0.2) is 9.67 Å². The summed E-state index contributed by atoms with van der Waals surface area (Å²) in [4.78, 5) is 27.8. The van der Waals surface area contributed by atoms with Crippen LogP contribution in [0.1, 0.15) is 30.0 Å². The van der Waals surface area contributed by atoms with Crippen molar-refractivity contribution in [2.75, 3.05) is 7.11 Å². The highest BCUT2D eigenvalue weighted by Gasteiger charge is 2.25. The van der Waals surface area contributed by atoms with E-state index in [0.717, 1.165) is 24.1 Å². The predicted molar refractivity (Wildman–Crippen MR) is 83.1 cm³/mol. The standard InChI is InChI=1S/C16H18N4O3/c1-23-15-8-11(6-7-17-15)9-18-14(21)10-20-16(22)5-4-13(19-20)12-2-3-12/h4-8,12H,2-3,9-10H2,1H3,(H,18,21). The second kappa shape index (κ2) is 6.60. The Morgan fingerprint density at radius 3 is 2.96 bits per heavy atom. The number of aromatic nitrogens is 3. The Balaban J connectivity index is 1.60. The second-order valence-electron chi connectivity index (χ2n) is 5.51. The van der Waals surface area contributed by atoms with Crippen molar-refractivity contribution in [3.8, 4) is 5.88 Å². The van der Waals surface area contributed by atoms with Crippen LogP contribution in [0.2, 0.25) is 0 Å². The van der Waals surface area contributed by atoms with Gasteiger partial charge in [0.2, 0.25) is 11.8 Å². The number of ether oxygens (including phenoxy) is 1. The zero-order valence-corrected chi connectivity index (χ0v) is 12.9. The van der Waals surface area contributed by atoms with E-state index >= 15 is 0 Å². The zero-order valence-electron chi connectivity index (χ0n) is 12.9. The number of hydrogen-bond donors (Lipinski definition) is 1. The van der Waals surface area contributed by atoms with Gasteiger partial charge >= 0.3 is 0 Å². The molecule has 0 aromatic carbocycles. The van der Waals surface area contributed by atoms with Gasteiger partial charge in [-0.2, -0.15) is 5.10 Å². The number of hydrogen-bond acceptors (Lipinski definition) is 5. The number of amides is 1. The van der Waals surface area contributed by atoms with Crippen LogP contribution in [0.15, 0.2) is 35.3 Å². The molecule has 0 spiro atoms. The summed E-state index contributed by atoms with van der Waals surface area (Å²) >= 11 is 0. The van der Waals surface area contributed by atoms with E-state index in [4.69, 9.17) is 4.74 Å². The Hall–Kier alpha value is -2.70. The van der Waals surface area contributed by atoms with Crippen LogP contribution in [-0.4, -0.2) is 27.8 Å². The molecule has 2 aromatic rings. The summed E-state index contributed by atoms with van der Waals surface area (Å²) in [5, 5.41) is 7.04. The molecule has 7 nitrogen and oxygen atoms in total. The predicted octanol–water partition coefficient (Wildman–Crippen LogP) is 0.841. The summed E-state index contributed by atoms with van der Waals surface area (Å²) in [7, 11) is 1.54. The fraction of sp³-hybridized carbons (Fsp3) is 0.375. The highest BCUT2D eigenvalue weighted by atomic mass is 16.5. The molecule has 1 saturated carbocycles. The minimum atomic E-state index is -0.268. The molecule has 2 aromatic heterocycles. The zero-order chi connectivity index (χ0) is 16.2. The highest BCUT2D eigenvalue weighted by Crippen LogP contribution is 2.38. The number of rotatable bonds is 6. The SMILES string of the molecule is COc1cc(CNC(=O)Cn2nc(C3CC3)ccc2=O)ccn1. The number of methoxy groups -OCH3 is 1. The molecule has 1 aliphatic rings. The molecule has 2 heterocycles. The molecule has 1 N–H and O–H groups in total. The molecule has 1 amide bonds. The number of carbonyl (C=O) groups excluding carboxylic acids is 1. The molecular formula is C16H18N4O3. The first-order valence-corrected chi connectivity index (χ1v) is 7.49. The first-order chi connectivity index (χ1) is 11.2. The van der Waals surface area contributed by atoms with Crippen molar-refractivity contribution in [2.45, 2.75) is 31.8 Å². The Bertz CT molecular complexity index is 768. The monoisotopic (exact) mass is 314 g/mol. The van der Waals surface area contributed by atoms with Gasteiger partial charge in [-0.1, -0.05) is 0 Å². The van der Waals surface area contributed by atoms with Gasteiger partial charge < -0.3 is 10.1 Å². The summed E-state index contributed by atoms with van der Waals surface area (Å²) in [6.45, 7) is 0.260. The van der Waals surface area contributed by atoms with E-state index in [9.17, 15) is 9.59 Å². The minimum absolute atomic E-state index is 0.0817. The van der Waals surface area contributed by atoms with Gasteiger partial charge in [0.25, 0.3) is 5.56 Å². The Kier molecular flexibility index (Phi) is 4.36. The van der Waals surface area contributed by atoms with Crippen LogP contribution >= 0.6 is 0 Å². The van der Waals surface area contributed by atoms with Crippen LogP contribution in [0.4, 0.5) is 0 Å². The van der Waals surface area contributed by atoms with Gasteiger partial charge in [-0.05, 0) is 30.5 Å². The molecule has 3 rings (SSSR count). The van der Waals surface area contributed by atoms with Crippen LogP contribution in [0.5, 0.6) is 5.88 Å². The van der Waals surface area contributed by atoms with Gasteiger partial charge in [0.15, 0.2) is 0 Å². The van der Waals surface area contributed by atoms with E-state index in [1.807, 2.05) is 0 Å². The van der Waals surface area contributed by atoms with Gasteiger partial charge in [-0.15, -0.1) is 0 Å². The fourth-order valence-electron chi connectivity index (χ4n) is 2.24. The quantitative estimate of drug-likeness (QED) is 0.854. The molecule has 0 bridgehead atoms. The van der Waals surface area contributed by atoms with Gasteiger partial charge in [0.05, 0.1) is 12.8 Å². The lowest BCUT2D eigenvalue weighted by Crippen LogP contribution is -2.33. The minimum Gasteiger partial charge on any atom is -0.481 e. The summed E-state index contributed by atoms with van der Waals surface area (Å²) in [5.74, 6) is 0.671. The third-order valence-corrected chi connectivity index (χ3v) is 3.67. The first-order valence-electron chi connectivity index (χ1n) is 7.49. The molecule has 0 unspecified atom stereocenters. The van der Waals surface area contributed by atoms with Crippen molar-refractivity contribution < 1.29 is 9.53 Å². The molecule has 0 atom stereocenters. The molecule has 0 radical (unpaired) electrons. The number of carbonyl (C=O) groups is 1. The molecule has 0 aliphatic heterocycles. The first kappa shape index (κ1) is 15.2. The maximum Gasteiger partial charge on any atom is 0.267 e. The smallest absolute Gasteiger partial charge is 0.267 e. The lowest BCUT2D eigenvalue weighted by atomic mass is 10.2. The van der Waals surface area contributed by atoms with E-state index in [2.05, 4.69) is 15.4 Å². The number of pyridine rings is 1. The summed E-state index contributed by atoms with van der Waals surface area (Å²) in [6, 6.07) is 6.76. The average Bonchev–Trinajstić information content (AvgIpc) is 3.40. The van der Waals surface area contributed by atoms with Crippen molar-refractivity contribution in [1.29, 1.82) is 0 Å². The molecule has 23 heavy (non-hydrogen) atoms. The fourth-order valence-corrected chi connectivity index (χ4v) is 2.24. The van der Waals surface area contributed by atoms with Crippen LogP contribution in [0.25, 0.3) is 0 Å². The largest absolute Gasteiger partial charge is 0.481 e. The summed E-state index contributed by atoms with van der Waals surface area (Å²) < 4.78 is 6.25. The van der Waals surface area contributed by atoms with Crippen LogP contribution < -0.4 is 15.6 Å². The van der Waals surface area contributed by atoms with Crippen LogP contribution in [0.3, 0.4) is 0 Å². The van der Waals surface area contributed by atoms with Crippen molar-refractivity contribution >= 4 is 5.91 Å². The van der Waals surface area contributed by atoms with E-state index in [0.29, 0.717) is 18.3 Å². The van der Waals surface area contributed by atoms with E-state index in [1.165, 1.54) is 17.9 Å². The third kappa shape index (κ3) is 3.94. The van der Waals surface area contributed by atoms with Crippen molar-refractivity contribution in [2.24, 2.45) is 0 Å². The maximum absolute atomic E-state index is 12.0. The van der Waals surface area contributed by atoms with E-state index < -0.39 is 0 Å². The normalized spacial score (nSPS) is 13.6. The molecule has 1 aliphatic carbocycles. The van der Waals surface area contributed by atoms with E-state index in [-0.39, 0.29) is 18.0 Å². The van der Waals surface area contributed by atoms with Gasteiger partial charge in [-0.3, -0.25) is 9.59 Å². The molecule has 7 heteroatoms. The van der Waals surface area contributed by atoms with Crippen molar-refractivity contribution in [3.05, 3.63) is 52.1 Å². The van der Waals surface area contributed by atoms with Gasteiger partial charge in [0.1, 0.15) is 6.54 Å². The second-order valence-corrected chi connectivity index (χ2v) is 5.51. The molecule has 120 valence electrons. The van der Waals surface area contributed by atoms with Crippen molar-refractivity contribution in [1.82, 2.24) is 20.1 Å². The average molecular weight is 314 g/mol. The maximum atomic E-state index is 12.0. The molecule has 1 fully saturated rings. The summed E-state index contributed by atoms with van der Waals surface area (Å²) in [6.07, 6.45) is 3.81. The Morgan fingerprint density at radius 1 is 1.39 bits per heavy atom. The number of nitrogens with zero attached hydrogens (tertiary/aromatic N) is 3. The third-order valence-electron chi connectivity index (χ3n) is 3.67. The van der Waals surface area contributed by atoms with E-state index in [1.54, 1.807) is 24.4 Å². The Labute approximate surface area is 133 Å². The van der Waals surface area contributed by atoms with Gasteiger partial charge in [0, 0.05) is 30.8 Å². The molecular weight excluding hydrogens is 296 g/mol. The molecule has 0 saturated heterocycles. The van der Waals surface area contributed by atoms with Crippen LogP contribution in [-0.2, 0) is 17.9 Å². The number of nitrogens with one attached hydrogen (secondary N) is 1. The highest BCUT2D eigenvalue weighted by molar-refractivity contribution is 5.75. The summed E-state index contributed by atoms with van der Waals surface area (Å²) in [5.41, 5.74) is 1.49. The van der Waals surface area contributed by atoms with Crippen molar-refractivity contribution in [3.63, 3.8) is 0 Å². The lowest BCUT2D eigenvalue weighted by molar-refractivity contribution is -0.122. The van der Waals surface area contributed by atoms with Crippen LogP contribution in [0, 0.1) is 0 Å². The topological polar surface area (TPSA) is 86.1 Å². The lowest BCUT2D eigenvalue weighted by Gasteiger charge is -2.08. The Morgan fingerprint density at radius 2 is 2.22 bits per heavy atom.